The summed E-state index contributed by atoms with van der Waals surface area (Å²) in [7, 11) is -4.78. The fraction of sp³-hybridized carbons (Fsp3) is 0.130. The first kappa shape index (κ1) is 27.3. The average molecular weight is 576 g/mol. The first-order valence-electron chi connectivity index (χ1n) is 11.0. The molecule has 0 aliphatic heterocycles. The number of halogens is 1. The Morgan fingerprint density at radius 1 is 1.10 bits per heavy atom. The van der Waals surface area contributed by atoms with Gasteiger partial charge in [-0.3, -0.25) is 29.4 Å². The third kappa shape index (κ3) is 5.89. The lowest BCUT2D eigenvalue weighted by Gasteiger charge is -2.10. The number of fused-ring (bicyclic) bond motifs is 1. The monoisotopic (exact) mass is 575 g/mol. The minimum absolute atomic E-state index is 0.188. The fourth-order valence-electron chi connectivity index (χ4n) is 3.60. The number of nitrogens with zero attached hydrogens (tertiary/aromatic N) is 4. The molecule has 0 unspecified atom stereocenters. The van der Waals surface area contributed by atoms with Crippen molar-refractivity contribution in [2.24, 2.45) is 0 Å². The lowest BCUT2D eigenvalue weighted by atomic mass is 10.1. The summed E-state index contributed by atoms with van der Waals surface area (Å²) in [6.45, 7) is 1.66. The maximum absolute atomic E-state index is 12.9. The van der Waals surface area contributed by atoms with Crippen molar-refractivity contribution in [1.29, 1.82) is 0 Å². The predicted molar refractivity (Wildman–Crippen MR) is 138 cm³/mol. The van der Waals surface area contributed by atoms with Gasteiger partial charge in [-0.15, -0.1) is 0 Å². The van der Waals surface area contributed by atoms with E-state index in [0.717, 1.165) is 12.1 Å². The number of nitro benzene ring substituents is 2. The molecular formula is C23H18ClN5O9S. The molecule has 0 amide bonds. The molecule has 0 aliphatic carbocycles. The number of hydrogen-bond acceptors (Lipinski definition) is 11. The highest BCUT2D eigenvalue weighted by Gasteiger charge is 2.30. The maximum atomic E-state index is 12.9. The van der Waals surface area contributed by atoms with Crippen LogP contribution in [0.1, 0.15) is 6.92 Å². The number of nitrogens with one attached hydrogen (secondary N) is 1. The molecular weight excluding hydrogens is 558 g/mol. The zero-order valence-electron chi connectivity index (χ0n) is 19.9. The van der Waals surface area contributed by atoms with Crippen LogP contribution >= 0.6 is 11.6 Å². The van der Waals surface area contributed by atoms with Crippen LogP contribution in [0.15, 0.2) is 65.7 Å². The normalized spacial score (nSPS) is 11.2. The molecule has 0 fully saturated rings. The SMILES string of the molecule is CCOC(=O)CNc1c(-c2cccc(OS(=O)(=O)c3ccc([N+](=O)[O-])cc3[N+](=O)[O-])c2)nc2ccc(Cl)cn12. The summed E-state index contributed by atoms with van der Waals surface area (Å²) in [5.74, 6) is -0.383. The molecule has 0 spiro atoms. The molecule has 2 aromatic heterocycles. The van der Waals surface area contributed by atoms with Gasteiger partial charge in [0.05, 0.1) is 27.5 Å². The summed E-state index contributed by atoms with van der Waals surface area (Å²) < 4.78 is 37.6. The highest BCUT2D eigenvalue weighted by Crippen LogP contribution is 2.34. The van der Waals surface area contributed by atoms with Gasteiger partial charge in [0.25, 0.3) is 11.4 Å². The Hall–Kier alpha value is -4.76. The van der Waals surface area contributed by atoms with E-state index in [0.29, 0.717) is 33.8 Å². The van der Waals surface area contributed by atoms with Crippen LogP contribution in [0.4, 0.5) is 17.2 Å². The number of anilines is 1. The average Bonchev–Trinajstić information content (AvgIpc) is 3.24. The van der Waals surface area contributed by atoms with Gasteiger partial charge in [-0.2, -0.15) is 8.42 Å². The summed E-state index contributed by atoms with van der Waals surface area (Å²) >= 11 is 6.14. The number of ether oxygens (including phenoxy) is 1. The smallest absolute Gasteiger partial charge is 0.346 e. The summed E-state index contributed by atoms with van der Waals surface area (Å²) in [6, 6.07) is 11.1. The molecule has 0 saturated heterocycles. The summed E-state index contributed by atoms with van der Waals surface area (Å²) in [5.41, 5.74) is -0.528. The van der Waals surface area contributed by atoms with Gasteiger partial charge < -0.3 is 14.2 Å². The van der Waals surface area contributed by atoms with Crippen molar-refractivity contribution in [3.05, 3.63) is 86.0 Å². The van der Waals surface area contributed by atoms with E-state index in [1.165, 1.54) is 18.2 Å². The lowest BCUT2D eigenvalue weighted by Crippen LogP contribution is -2.17. The van der Waals surface area contributed by atoms with E-state index in [1.807, 2.05) is 0 Å². The second kappa shape index (κ2) is 10.9. The van der Waals surface area contributed by atoms with E-state index in [1.54, 1.807) is 35.7 Å². The van der Waals surface area contributed by atoms with Gasteiger partial charge in [0, 0.05) is 17.8 Å². The number of carbonyl (C=O) groups is 1. The largest absolute Gasteiger partial charge is 0.465 e. The number of rotatable bonds is 10. The predicted octanol–water partition coefficient (Wildman–Crippen LogP) is 4.21. The van der Waals surface area contributed by atoms with Crippen LogP contribution in [0.25, 0.3) is 16.9 Å². The Kier molecular flexibility index (Phi) is 7.64. The molecule has 0 aliphatic rings. The number of non-ortho nitro benzene ring substituents is 1. The van der Waals surface area contributed by atoms with Gasteiger partial charge in [0.2, 0.25) is 0 Å². The molecule has 4 aromatic rings. The molecule has 202 valence electrons. The number of aromatic nitrogens is 2. The highest BCUT2D eigenvalue weighted by molar-refractivity contribution is 7.87. The molecule has 2 aromatic carbocycles. The molecule has 2 heterocycles. The number of imidazole rings is 1. The van der Waals surface area contributed by atoms with Crippen molar-refractivity contribution in [1.82, 2.24) is 9.38 Å². The number of carbonyl (C=O) groups excluding carboxylic acids is 1. The quantitative estimate of drug-likeness (QED) is 0.123. The first-order valence-corrected chi connectivity index (χ1v) is 12.8. The molecule has 4 rings (SSSR count). The highest BCUT2D eigenvalue weighted by atomic mass is 35.5. The Balaban J connectivity index is 1.73. The van der Waals surface area contributed by atoms with Crippen LogP contribution in [-0.4, -0.2) is 46.8 Å². The number of esters is 1. The summed E-state index contributed by atoms with van der Waals surface area (Å²) in [6.07, 6.45) is 1.57. The van der Waals surface area contributed by atoms with E-state index >= 15 is 0 Å². The van der Waals surface area contributed by atoms with E-state index in [-0.39, 0.29) is 18.9 Å². The Morgan fingerprint density at radius 3 is 2.56 bits per heavy atom. The van der Waals surface area contributed by atoms with Crippen molar-refractivity contribution >= 4 is 50.5 Å². The van der Waals surface area contributed by atoms with Gasteiger partial charge in [0.1, 0.15) is 29.5 Å². The fourth-order valence-corrected chi connectivity index (χ4v) is 4.83. The molecule has 0 saturated carbocycles. The molecule has 14 nitrogen and oxygen atoms in total. The van der Waals surface area contributed by atoms with Gasteiger partial charge >= 0.3 is 16.1 Å². The van der Waals surface area contributed by atoms with Gasteiger partial charge in [-0.25, -0.2) is 4.98 Å². The van der Waals surface area contributed by atoms with E-state index in [2.05, 4.69) is 10.3 Å². The third-order valence-electron chi connectivity index (χ3n) is 5.22. The number of hydrogen-bond donors (Lipinski definition) is 1. The lowest BCUT2D eigenvalue weighted by molar-refractivity contribution is -0.396. The Labute approximate surface area is 225 Å². The molecule has 0 bridgehead atoms. The van der Waals surface area contributed by atoms with Gasteiger partial charge in [-0.1, -0.05) is 23.7 Å². The van der Waals surface area contributed by atoms with Crippen LogP contribution in [0.5, 0.6) is 5.75 Å². The first-order chi connectivity index (χ1) is 18.5. The van der Waals surface area contributed by atoms with E-state index in [4.69, 9.17) is 20.5 Å². The van der Waals surface area contributed by atoms with Gasteiger partial charge in [0.15, 0.2) is 4.90 Å². The number of benzene rings is 2. The van der Waals surface area contributed by atoms with Gasteiger partial charge in [-0.05, 0) is 37.3 Å². The molecule has 39 heavy (non-hydrogen) atoms. The van der Waals surface area contributed by atoms with Crippen LogP contribution in [-0.2, 0) is 19.6 Å². The van der Waals surface area contributed by atoms with Crippen LogP contribution in [0.2, 0.25) is 5.02 Å². The zero-order chi connectivity index (χ0) is 28.3. The molecule has 1 N–H and O–H groups in total. The van der Waals surface area contributed by atoms with E-state index < -0.39 is 42.2 Å². The van der Waals surface area contributed by atoms with Crippen LogP contribution in [0, 0.1) is 20.2 Å². The second-order valence-corrected chi connectivity index (χ2v) is 9.73. The maximum Gasteiger partial charge on any atom is 0.346 e. The summed E-state index contributed by atoms with van der Waals surface area (Å²) in [5, 5.41) is 25.8. The van der Waals surface area contributed by atoms with Crippen molar-refractivity contribution in [2.45, 2.75) is 11.8 Å². The number of pyridine rings is 1. The minimum atomic E-state index is -4.78. The third-order valence-corrected chi connectivity index (χ3v) is 6.74. The van der Waals surface area contributed by atoms with Crippen LogP contribution in [0.3, 0.4) is 0 Å². The second-order valence-electron chi connectivity index (χ2n) is 7.77. The van der Waals surface area contributed by atoms with Crippen molar-refractivity contribution in [3.8, 4) is 17.0 Å². The van der Waals surface area contributed by atoms with Crippen molar-refractivity contribution in [2.75, 3.05) is 18.5 Å². The van der Waals surface area contributed by atoms with Crippen LogP contribution < -0.4 is 9.50 Å². The Bertz CT molecular complexity index is 1720. The van der Waals surface area contributed by atoms with E-state index in [9.17, 15) is 33.4 Å². The molecule has 16 heteroatoms. The Morgan fingerprint density at radius 2 is 1.87 bits per heavy atom. The van der Waals surface area contributed by atoms with Crippen molar-refractivity contribution in [3.63, 3.8) is 0 Å². The standard InChI is InChI=1S/C23H18ClN5O9S/c1-2-37-21(30)12-25-23-22(26-20-9-6-15(24)13-27(20)23)14-4-3-5-17(10-14)38-39(35,36)19-8-7-16(28(31)32)11-18(19)29(33)34/h3-11,13,25H,2,12H2,1H3. The zero-order valence-corrected chi connectivity index (χ0v) is 21.5. The molecule has 0 atom stereocenters. The number of nitro groups is 2. The minimum Gasteiger partial charge on any atom is -0.465 e. The topological polar surface area (TPSA) is 185 Å². The van der Waals surface area contributed by atoms with Crippen molar-refractivity contribution < 1.29 is 32.0 Å². The summed E-state index contributed by atoms with van der Waals surface area (Å²) in [4.78, 5) is 36.1. The molecule has 0 radical (unpaired) electrons.